The zero-order chi connectivity index (χ0) is 25.5. The predicted octanol–water partition coefficient (Wildman–Crippen LogP) is 4.03. The fraction of sp³-hybridized carbons (Fsp3) is 1.00. The Labute approximate surface area is 203 Å². The van der Waals surface area contributed by atoms with Crippen molar-refractivity contribution in [2.24, 2.45) is 0 Å². The van der Waals surface area contributed by atoms with Gasteiger partial charge in [-0.2, -0.15) is 0 Å². The van der Waals surface area contributed by atoms with Gasteiger partial charge in [0.2, 0.25) is 0 Å². The van der Waals surface area contributed by atoms with Crippen molar-refractivity contribution in [2.45, 2.75) is 82.1 Å². The van der Waals surface area contributed by atoms with Crippen LogP contribution in [-0.2, 0) is 24.4 Å². The zero-order valence-corrected chi connectivity index (χ0v) is 23.6. The lowest BCUT2D eigenvalue weighted by molar-refractivity contribution is -1.55. The lowest BCUT2D eigenvalue weighted by Crippen LogP contribution is -2.67. The van der Waals surface area contributed by atoms with Gasteiger partial charge in [-0.15, -0.1) is 9.90 Å². The summed E-state index contributed by atoms with van der Waals surface area (Å²) in [5, 5.41) is 1.96. The fourth-order valence-corrected chi connectivity index (χ4v) is 3.65. The SMILES string of the molecule is CCCN(CC)O[N+](CC)(CC)O[N+](CC)(CC)O[N+](CC)(CC)OC(OC)N(CC)CC. The van der Waals surface area contributed by atoms with Crippen molar-refractivity contribution < 1.29 is 38.8 Å². The maximum Gasteiger partial charge on any atom is 0.279 e. The number of quaternary nitrogens is 3. The Kier molecular flexibility index (Phi) is 16.1. The molecule has 0 heterocycles. The Balaban J connectivity index is 6.06. The number of rotatable bonds is 21. The molecule has 0 radical (unpaired) electrons. The van der Waals surface area contributed by atoms with Gasteiger partial charge < -0.3 is 4.74 Å². The van der Waals surface area contributed by atoms with Crippen molar-refractivity contribution in [2.75, 3.05) is 72.6 Å². The third-order valence-electron chi connectivity index (χ3n) is 6.17. The van der Waals surface area contributed by atoms with Gasteiger partial charge in [0.15, 0.2) is 13.1 Å². The van der Waals surface area contributed by atoms with Gasteiger partial charge in [-0.1, -0.05) is 25.7 Å². The lowest BCUT2D eigenvalue weighted by atomic mass is 10.5. The number of ether oxygens (including phenoxy) is 1. The molecule has 10 heteroatoms. The van der Waals surface area contributed by atoms with E-state index in [1.165, 1.54) is 0 Å². The van der Waals surface area contributed by atoms with Crippen molar-refractivity contribution in [1.82, 2.24) is 9.96 Å². The highest BCUT2D eigenvalue weighted by Crippen LogP contribution is 2.27. The molecule has 33 heavy (non-hydrogen) atoms. The molecule has 0 aromatic carbocycles. The number of hydrogen-bond acceptors (Lipinski definition) is 7. The molecule has 0 rings (SSSR count). The standard InChI is InChI=1S/C23H56N5O5/c1-12-22-25(15-4)31-27(18-7,19-8)33-28(20-9,21-10)32-26(16-5,17-6)30-23(29-11)24(13-2)14-3/h23H,12-22H2,1-11H3/q+3. The van der Waals surface area contributed by atoms with Gasteiger partial charge in [0, 0.05) is 42.9 Å². The van der Waals surface area contributed by atoms with E-state index in [1.54, 1.807) is 7.11 Å². The van der Waals surface area contributed by atoms with E-state index in [1.807, 2.05) is 5.06 Å². The minimum absolute atomic E-state index is 0.00665. The second-order valence-corrected chi connectivity index (χ2v) is 7.98. The fourth-order valence-electron chi connectivity index (χ4n) is 3.65. The first-order chi connectivity index (χ1) is 15.7. The molecule has 200 valence electrons. The largest absolute Gasteiger partial charge is 0.339 e. The van der Waals surface area contributed by atoms with E-state index in [0.717, 1.165) is 32.6 Å². The molecule has 0 aliphatic heterocycles. The first kappa shape index (κ1) is 32.6. The second kappa shape index (κ2) is 16.3. The van der Waals surface area contributed by atoms with Crippen LogP contribution in [0, 0.1) is 0 Å². The van der Waals surface area contributed by atoms with E-state index in [-0.39, 0.29) is 14.4 Å². The van der Waals surface area contributed by atoms with Gasteiger partial charge in [0.05, 0.1) is 14.7 Å². The number of methoxy groups -OCH3 is 1. The summed E-state index contributed by atoms with van der Waals surface area (Å²) >= 11 is 0. The Morgan fingerprint density at radius 3 is 1.39 bits per heavy atom. The number of hydroxylamine groups is 14. The molecule has 0 fully saturated rings. The minimum atomic E-state index is -0.525. The monoisotopic (exact) mass is 482 g/mol. The van der Waals surface area contributed by atoms with Crippen molar-refractivity contribution in [1.29, 1.82) is 0 Å². The van der Waals surface area contributed by atoms with Gasteiger partial charge in [0.25, 0.3) is 6.41 Å². The van der Waals surface area contributed by atoms with Gasteiger partial charge in [-0.3, -0.25) is 4.90 Å². The Morgan fingerprint density at radius 2 is 1.06 bits per heavy atom. The van der Waals surface area contributed by atoms with Crippen LogP contribution in [0.1, 0.15) is 75.7 Å². The van der Waals surface area contributed by atoms with Crippen LogP contribution in [0.4, 0.5) is 0 Å². The van der Waals surface area contributed by atoms with Gasteiger partial charge in [0.1, 0.15) is 26.2 Å². The molecule has 0 aliphatic rings. The van der Waals surface area contributed by atoms with Crippen molar-refractivity contribution in [3.8, 4) is 0 Å². The summed E-state index contributed by atoms with van der Waals surface area (Å²) in [6.07, 6.45) is 0.478. The number of hydrogen-bond donors (Lipinski definition) is 0. The van der Waals surface area contributed by atoms with Crippen LogP contribution in [0.15, 0.2) is 0 Å². The Morgan fingerprint density at radius 1 is 0.606 bits per heavy atom. The first-order valence-electron chi connectivity index (χ1n) is 13.1. The highest BCUT2D eigenvalue weighted by molar-refractivity contribution is 4.47. The lowest BCUT2D eigenvalue weighted by Gasteiger charge is -2.41. The highest BCUT2D eigenvalue weighted by Gasteiger charge is 2.53. The quantitative estimate of drug-likeness (QED) is 0.139. The molecular weight excluding hydrogens is 426 g/mol. The summed E-state index contributed by atoms with van der Waals surface area (Å²) in [5.41, 5.74) is 0. The predicted molar refractivity (Wildman–Crippen MR) is 130 cm³/mol. The molecule has 0 N–H and O–H groups in total. The van der Waals surface area contributed by atoms with E-state index in [0.29, 0.717) is 39.3 Å². The normalized spacial score (nSPS) is 14.5. The molecule has 0 saturated heterocycles. The average molecular weight is 483 g/mol. The van der Waals surface area contributed by atoms with Crippen LogP contribution in [0.25, 0.3) is 0 Å². The van der Waals surface area contributed by atoms with Crippen LogP contribution in [-0.4, -0.2) is 103 Å². The topological polar surface area (TPSA) is 52.6 Å². The maximum atomic E-state index is 6.74. The molecule has 1 atom stereocenters. The molecule has 0 aromatic rings. The molecule has 10 nitrogen and oxygen atoms in total. The molecule has 0 spiro atoms. The maximum absolute atomic E-state index is 6.74. The molecule has 0 bridgehead atoms. The van der Waals surface area contributed by atoms with Crippen LogP contribution in [0.5, 0.6) is 0 Å². The molecule has 0 amide bonds. The highest BCUT2D eigenvalue weighted by atomic mass is 17.3. The summed E-state index contributed by atoms with van der Waals surface area (Å²) < 4.78 is 5.70. The van der Waals surface area contributed by atoms with E-state index in [4.69, 9.17) is 24.4 Å². The Hall–Kier alpha value is -0.400. The van der Waals surface area contributed by atoms with Crippen molar-refractivity contribution >= 4 is 0 Å². The Bertz CT molecular complexity index is 484. The average Bonchev–Trinajstić information content (AvgIpc) is 2.86. The molecule has 0 aliphatic carbocycles. The third-order valence-corrected chi connectivity index (χ3v) is 6.17. The smallest absolute Gasteiger partial charge is 0.279 e. The van der Waals surface area contributed by atoms with Crippen LogP contribution < -0.4 is 0 Å². The minimum Gasteiger partial charge on any atom is -0.339 e. The summed E-state index contributed by atoms with van der Waals surface area (Å²) in [7, 11) is 1.66. The third kappa shape index (κ3) is 9.29. The summed E-state index contributed by atoms with van der Waals surface area (Å²) in [6.45, 7) is 27.7. The molecule has 1 unspecified atom stereocenters. The van der Waals surface area contributed by atoms with Crippen LogP contribution in [0.2, 0.25) is 0 Å². The molecule has 0 aromatic heterocycles. The van der Waals surface area contributed by atoms with E-state index in [2.05, 4.69) is 74.1 Å². The zero-order valence-electron chi connectivity index (χ0n) is 23.6. The summed E-state index contributed by atoms with van der Waals surface area (Å²) in [5.74, 6) is 0. The van der Waals surface area contributed by atoms with Crippen molar-refractivity contribution in [3.63, 3.8) is 0 Å². The van der Waals surface area contributed by atoms with Gasteiger partial charge in [-0.05, 0) is 54.9 Å². The summed E-state index contributed by atoms with van der Waals surface area (Å²) in [4.78, 5) is 28.3. The molecule has 0 saturated carbocycles. The van der Waals surface area contributed by atoms with E-state index in [9.17, 15) is 0 Å². The van der Waals surface area contributed by atoms with Crippen LogP contribution in [0.3, 0.4) is 0 Å². The number of nitrogens with zero attached hydrogens (tertiary/aromatic N) is 5. The van der Waals surface area contributed by atoms with Crippen molar-refractivity contribution in [3.05, 3.63) is 0 Å². The van der Waals surface area contributed by atoms with E-state index >= 15 is 0 Å². The van der Waals surface area contributed by atoms with E-state index < -0.39 is 6.41 Å². The second-order valence-electron chi connectivity index (χ2n) is 7.98. The first-order valence-corrected chi connectivity index (χ1v) is 13.1. The summed E-state index contributed by atoms with van der Waals surface area (Å²) in [6, 6.07) is 0. The van der Waals surface area contributed by atoms with Crippen LogP contribution >= 0.6 is 0 Å². The van der Waals surface area contributed by atoms with Gasteiger partial charge in [-0.25, -0.2) is 0 Å². The van der Waals surface area contributed by atoms with Gasteiger partial charge >= 0.3 is 0 Å². The molecular formula is C23H56N5O5+3.